The van der Waals surface area contributed by atoms with Gasteiger partial charge in [-0.3, -0.25) is 28.8 Å². The molecule has 2 aliphatic rings. The predicted molar refractivity (Wildman–Crippen MR) is 246 cm³/mol. The fourth-order valence-electron chi connectivity index (χ4n) is 7.42. The van der Waals surface area contributed by atoms with Gasteiger partial charge in [0.2, 0.25) is 23.6 Å². The fourth-order valence-corrected chi connectivity index (χ4v) is 7.42. The number of carbonyl (C=O) groups excluding carboxylic acids is 6. The van der Waals surface area contributed by atoms with Gasteiger partial charge < -0.3 is 40.7 Å². The summed E-state index contributed by atoms with van der Waals surface area (Å²) in [7, 11) is 2.53. The molecule has 0 spiro atoms. The van der Waals surface area contributed by atoms with Gasteiger partial charge in [-0.1, -0.05) is 66.3 Å². The third-order valence-corrected chi connectivity index (χ3v) is 11.2. The number of hydrogen-bond donors (Lipinski definition) is 4. The van der Waals surface area contributed by atoms with Crippen LogP contribution in [0.15, 0.2) is 43.5 Å². The van der Waals surface area contributed by atoms with Gasteiger partial charge in [-0.25, -0.2) is 9.97 Å². The first kappa shape index (κ1) is 51.2. The Bertz CT molecular complexity index is 2600. The summed E-state index contributed by atoms with van der Waals surface area (Å²) >= 11 is 0. The number of allylic oxidation sites excluding steroid dienone is 5. The number of esters is 2. The molecule has 0 atom stereocenters. The standard InChI is InChI=1S/C48H58N8O8.Zn/c1-9-31-27(3)35-23-36-29(5)33(11-13-43(57)49-19-21-51-45(59)15-17-47(61)63-7)41(55-36)26-42-34(12-14-44(58)50-20-22-52-46(60)16-18-48(62)64-8)30(6)38(56-42)25-40-32(10-2)28(4)37(54-40)24-39(31)53-35;/h9-10,23-26H,1-2,11-22H2,3-8H3,(H6,49,50,51,52,53,54,55,56,57,58,59,60);/q;+2/p-2. The maximum absolute atomic E-state index is 13.1. The number of nitrogens with one attached hydrogen (secondary N) is 4. The average Bonchev–Trinajstić information content (AvgIpc) is 3.95. The fraction of sp³-hybridized carbons (Fsp3) is 0.375. The zero-order valence-corrected chi connectivity index (χ0v) is 41.1. The number of hydrogen-bond acceptors (Lipinski definition) is 10. The van der Waals surface area contributed by atoms with E-state index in [4.69, 9.17) is 19.9 Å². The van der Waals surface area contributed by atoms with Crippen molar-refractivity contribution in [2.75, 3.05) is 40.4 Å². The van der Waals surface area contributed by atoms with E-state index in [0.717, 1.165) is 55.8 Å². The van der Waals surface area contributed by atoms with Crippen molar-refractivity contribution < 1.29 is 57.7 Å². The SMILES string of the molecule is C=CC1=C(C)c2cc3[n-]c(cc4nc(cc5[n-]c(cc1n2)c(C)c5CCC(=O)NCCNC(=O)CCC(=O)OC)C(CCC(=O)NCCNC(=O)CCC(=O)OC)=C4C)c(C)c3C=C.[Zn+2]. The third-order valence-electron chi connectivity index (χ3n) is 11.2. The average molecular weight is 938 g/mol. The van der Waals surface area contributed by atoms with Crippen LogP contribution in [0.4, 0.5) is 0 Å². The van der Waals surface area contributed by atoms with Gasteiger partial charge in [0.25, 0.3) is 0 Å². The van der Waals surface area contributed by atoms with Crippen molar-refractivity contribution >= 4 is 86.0 Å². The summed E-state index contributed by atoms with van der Waals surface area (Å²) in [5.74, 6) is -2.02. The Labute approximate surface area is 391 Å². The minimum absolute atomic E-state index is 0. The number of ether oxygens (including phenoxy) is 2. The molecule has 0 radical (unpaired) electrons. The van der Waals surface area contributed by atoms with Crippen molar-refractivity contribution in [2.24, 2.45) is 0 Å². The molecule has 17 heteroatoms. The number of methoxy groups -OCH3 is 2. The molecule has 65 heavy (non-hydrogen) atoms. The minimum atomic E-state index is -0.474. The molecule has 4 N–H and O–H groups in total. The quantitative estimate of drug-likeness (QED) is 0.0671. The molecule has 0 fully saturated rings. The van der Waals surface area contributed by atoms with Crippen LogP contribution in [-0.2, 0) is 64.1 Å². The van der Waals surface area contributed by atoms with Crippen molar-refractivity contribution in [3.63, 3.8) is 0 Å². The first-order valence-electron chi connectivity index (χ1n) is 21.2. The van der Waals surface area contributed by atoms with Gasteiger partial charge in [-0.2, -0.15) is 0 Å². The molecule has 16 nitrogen and oxygen atoms in total. The van der Waals surface area contributed by atoms with Crippen LogP contribution in [0.25, 0.3) is 50.4 Å². The summed E-state index contributed by atoms with van der Waals surface area (Å²) in [4.78, 5) is 93.4. The Morgan fingerprint density at radius 1 is 0.554 bits per heavy atom. The number of rotatable bonds is 20. The topological polar surface area (TPSA) is 223 Å². The van der Waals surface area contributed by atoms with E-state index < -0.39 is 11.9 Å². The van der Waals surface area contributed by atoms with Gasteiger partial charge in [0, 0.05) is 57.4 Å². The molecule has 3 aromatic heterocycles. The molecule has 5 rings (SSSR count). The maximum atomic E-state index is 13.1. The predicted octanol–water partition coefficient (Wildman–Crippen LogP) is 4.96. The first-order chi connectivity index (χ1) is 30.7. The van der Waals surface area contributed by atoms with Crippen molar-refractivity contribution in [2.45, 2.75) is 79.1 Å². The molecule has 2 aliphatic heterocycles. The number of carbonyl (C=O) groups is 6. The Kier molecular flexibility index (Phi) is 18.9. The largest absolute Gasteiger partial charge is 2.00 e. The molecular formula is C48H56N8O8Zn. The Morgan fingerprint density at radius 2 is 1.00 bits per heavy atom. The normalized spacial score (nSPS) is 11.9. The second kappa shape index (κ2) is 24.0. The van der Waals surface area contributed by atoms with Crippen LogP contribution in [-0.4, -0.2) is 85.9 Å². The second-order valence-electron chi connectivity index (χ2n) is 15.4. The summed E-state index contributed by atoms with van der Waals surface area (Å²) in [5.41, 5.74) is 12.5. The van der Waals surface area contributed by atoms with Gasteiger partial charge in [0.05, 0.1) is 49.8 Å². The molecule has 4 amide bonds. The minimum Gasteiger partial charge on any atom is -0.657 e. The van der Waals surface area contributed by atoms with Crippen LogP contribution in [0.1, 0.15) is 104 Å². The smallest absolute Gasteiger partial charge is 0.657 e. The van der Waals surface area contributed by atoms with Crippen molar-refractivity contribution in [1.82, 2.24) is 41.2 Å². The zero-order chi connectivity index (χ0) is 46.5. The number of amides is 4. The molecule has 5 heterocycles. The van der Waals surface area contributed by atoms with Gasteiger partial charge in [-0.15, -0.1) is 22.1 Å². The van der Waals surface area contributed by atoms with E-state index in [9.17, 15) is 28.8 Å². The van der Waals surface area contributed by atoms with E-state index in [1.54, 1.807) is 12.2 Å². The van der Waals surface area contributed by atoms with Gasteiger partial charge in [-0.05, 0) is 62.8 Å². The second-order valence-corrected chi connectivity index (χ2v) is 15.4. The summed E-state index contributed by atoms with van der Waals surface area (Å²) in [6.07, 6.45) is 4.45. The van der Waals surface area contributed by atoms with Crippen LogP contribution < -0.4 is 31.2 Å². The summed E-state index contributed by atoms with van der Waals surface area (Å²) in [6.45, 7) is 16.9. The Balaban J connectivity index is 0.00000925. The van der Waals surface area contributed by atoms with Gasteiger partial charge in [0.15, 0.2) is 0 Å². The number of aryl methyl sites for hydroxylation is 3. The van der Waals surface area contributed by atoms with E-state index >= 15 is 0 Å². The third kappa shape index (κ3) is 13.3. The van der Waals surface area contributed by atoms with E-state index in [0.29, 0.717) is 46.5 Å². The van der Waals surface area contributed by atoms with Crippen molar-refractivity contribution in [1.29, 1.82) is 0 Å². The molecular weight excluding hydrogens is 882 g/mol. The Hall–Kier alpha value is -6.48. The van der Waals surface area contributed by atoms with Crippen LogP contribution in [0, 0.1) is 13.8 Å². The van der Waals surface area contributed by atoms with E-state index in [1.165, 1.54) is 14.2 Å². The summed E-state index contributed by atoms with van der Waals surface area (Å²) in [5, 5.41) is 11.1. The maximum Gasteiger partial charge on any atom is 2.00 e. The van der Waals surface area contributed by atoms with E-state index in [-0.39, 0.29) is 108 Å². The van der Waals surface area contributed by atoms with Crippen LogP contribution in [0.5, 0.6) is 0 Å². The zero-order valence-electron chi connectivity index (χ0n) is 38.1. The molecule has 0 saturated heterocycles. The molecule has 0 unspecified atom stereocenters. The molecule has 3 aromatic rings. The summed E-state index contributed by atoms with van der Waals surface area (Å²) in [6, 6.07) is 7.71. The number of fused-ring (bicyclic) bond motifs is 8. The van der Waals surface area contributed by atoms with Crippen molar-refractivity contribution in [3.8, 4) is 0 Å². The van der Waals surface area contributed by atoms with Gasteiger partial charge in [0.1, 0.15) is 0 Å². The molecule has 8 bridgehead atoms. The first-order valence-corrected chi connectivity index (χ1v) is 21.2. The molecule has 0 saturated carbocycles. The molecule has 338 valence electrons. The van der Waals surface area contributed by atoms with E-state index in [2.05, 4.69) is 43.9 Å². The number of nitrogens with zero attached hydrogens (tertiary/aromatic N) is 4. The van der Waals surface area contributed by atoms with Crippen molar-refractivity contribution in [3.05, 3.63) is 88.5 Å². The van der Waals surface area contributed by atoms with Crippen LogP contribution >= 0.6 is 0 Å². The Morgan fingerprint density at radius 3 is 1.54 bits per heavy atom. The van der Waals surface area contributed by atoms with Gasteiger partial charge >= 0.3 is 31.4 Å². The number of aromatic nitrogens is 4. The monoisotopic (exact) mass is 936 g/mol. The van der Waals surface area contributed by atoms with Crippen LogP contribution in [0.3, 0.4) is 0 Å². The summed E-state index contributed by atoms with van der Waals surface area (Å²) < 4.78 is 9.16. The molecule has 0 aromatic carbocycles. The van der Waals surface area contributed by atoms with Crippen LogP contribution in [0.2, 0.25) is 0 Å². The molecule has 0 aliphatic carbocycles. The van der Waals surface area contributed by atoms with E-state index in [1.807, 2.05) is 52.0 Å².